The predicted molar refractivity (Wildman–Crippen MR) is 146 cm³/mol. The van der Waals surface area contributed by atoms with Gasteiger partial charge >= 0.3 is 0 Å². The van der Waals surface area contributed by atoms with Crippen LogP contribution >= 0.6 is 0 Å². The number of hydrogen-bond donors (Lipinski definition) is 3. The summed E-state index contributed by atoms with van der Waals surface area (Å²) in [7, 11) is 0. The Hall–Kier alpha value is -4.25. The minimum atomic E-state index is -0.947. The SMILES string of the molecule is Cc1cc(-c2ccn3nc(N)c(C(=O)Nc4cnn(CC(C)(C)O)c4)c3n2)cc2c1C(=O)N([C@@H](C)C1CC1)C2. The molecule has 1 aromatic carbocycles. The molecule has 39 heavy (non-hydrogen) atoms. The van der Waals surface area contributed by atoms with E-state index in [9.17, 15) is 14.7 Å². The molecule has 3 aromatic heterocycles. The largest absolute Gasteiger partial charge is 0.389 e. The molecule has 0 spiro atoms. The molecule has 0 saturated heterocycles. The van der Waals surface area contributed by atoms with Gasteiger partial charge in [0.05, 0.1) is 29.7 Å². The first-order chi connectivity index (χ1) is 18.5. The summed E-state index contributed by atoms with van der Waals surface area (Å²) in [5.74, 6) is 0.294. The first-order valence-corrected chi connectivity index (χ1v) is 13.1. The number of aryl methyl sites for hydroxylation is 1. The molecule has 1 atom stereocenters. The first-order valence-electron chi connectivity index (χ1n) is 13.1. The number of carbonyl (C=O) groups excluding carboxylic acids is 2. The maximum absolute atomic E-state index is 13.2. The molecule has 6 rings (SSSR count). The standard InChI is InChI=1S/C28H32N8O3/c1-15-9-18(10-19-12-35(27(38)22(15)19)16(2)17-5-6-17)21-7-8-36-25(32-21)23(24(29)33-36)26(37)31-20-11-30-34(13-20)14-28(3,4)39/h7-11,13,16-17,39H,5-6,12,14H2,1-4H3,(H2,29,33)(H,31,37)/t16-/m0/s1. The van der Waals surface area contributed by atoms with E-state index in [-0.39, 0.29) is 29.9 Å². The van der Waals surface area contributed by atoms with E-state index >= 15 is 0 Å². The quantitative estimate of drug-likeness (QED) is 0.334. The van der Waals surface area contributed by atoms with Gasteiger partial charge < -0.3 is 21.1 Å². The molecule has 2 amide bonds. The molecular formula is C28H32N8O3. The minimum absolute atomic E-state index is 0.0569. The number of carbonyl (C=O) groups is 2. The Kier molecular flexibility index (Phi) is 5.72. The fourth-order valence-electron chi connectivity index (χ4n) is 5.43. The summed E-state index contributed by atoms with van der Waals surface area (Å²) in [6, 6.07) is 6.05. The van der Waals surface area contributed by atoms with Crippen molar-refractivity contribution < 1.29 is 14.7 Å². The fourth-order valence-corrected chi connectivity index (χ4v) is 5.43. The summed E-state index contributed by atoms with van der Waals surface area (Å²) in [5, 5.41) is 21.3. The van der Waals surface area contributed by atoms with Gasteiger partial charge in [-0.05, 0) is 75.8 Å². The second-order valence-electron chi connectivity index (χ2n) is 11.4. The molecule has 4 aromatic rings. The van der Waals surface area contributed by atoms with Crippen LogP contribution in [0, 0.1) is 12.8 Å². The van der Waals surface area contributed by atoms with Gasteiger partial charge in [-0.2, -0.15) is 5.10 Å². The number of aromatic nitrogens is 5. The molecule has 0 radical (unpaired) electrons. The lowest BCUT2D eigenvalue weighted by Crippen LogP contribution is -2.34. The smallest absolute Gasteiger partial charge is 0.263 e. The lowest BCUT2D eigenvalue weighted by atomic mass is 9.98. The van der Waals surface area contributed by atoms with Crippen molar-refractivity contribution in [1.82, 2.24) is 29.3 Å². The van der Waals surface area contributed by atoms with Crippen molar-refractivity contribution >= 4 is 29.0 Å². The predicted octanol–water partition coefficient (Wildman–Crippen LogP) is 3.26. The van der Waals surface area contributed by atoms with Gasteiger partial charge in [-0.3, -0.25) is 14.3 Å². The fraction of sp³-hybridized carbons (Fsp3) is 0.393. The maximum atomic E-state index is 13.2. The molecule has 1 aliphatic heterocycles. The second-order valence-corrected chi connectivity index (χ2v) is 11.4. The molecule has 1 saturated carbocycles. The molecule has 0 unspecified atom stereocenters. The number of aliphatic hydroxyl groups is 1. The molecule has 4 heterocycles. The van der Waals surface area contributed by atoms with E-state index in [0.29, 0.717) is 29.5 Å². The van der Waals surface area contributed by atoms with E-state index in [4.69, 9.17) is 10.7 Å². The lowest BCUT2D eigenvalue weighted by molar-refractivity contribution is 0.0577. The van der Waals surface area contributed by atoms with E-state index in [0.717, 1.165) is 22.3 Å². The van der Waals surface area contributed by atoms with Crippen LogP contribution in [0.2, 0.25) is 0 Å². The van der Waals surface area contributed by atoms with Gasteiger partial charge in [-0.1, -0.05) is 0 Å². The van der Waals surface area contributed by atoms with Gasteiger partial charge in [-0.25, -0.2) is 9.50 Å². The van der Waals surface area contributed by atoms with Gasteiger partial charge in [-0.15, -0.1) is 5.10 Å². The number of nitrogens with two attached hydrogens (primary N) is 1. The topological polar surface area (TPSA) is 144 Å². The number of anilines is 2. The molecule has 1 fully saturated rings. The number of hydrogen-bond acceptors (Lipinski definition) is 7. The highest BCUT2D eigenvalue weighted by Gasteiger charge is 2.39. The van der Waals surface area contributed by atoms with Crippen molar-refractivity contribution in [3.63, 3.8) is 0 Å². The zero-order valence-corrected chi connectivity index (χ0v) is 22.5. The zero-order chi connectivity index (χ0) is 27.6. The molecule has 11 heteroatoms. The molecule has 0 bridgehead atoms. The number of fused-ring (bicyclic) bond motifs is 2. The van der Waals surface area contributed by atoms with Gasteiger partial charge in [0.15, 0.2) is 11.5 Å². The van der Waals surface area contributed by atoms with Crippen LogP contribution in [0.1, 0.15) is 65.5 Å². The van der Waals surface area contributed by atoms with E-state index in [2.05, 4.69) is 22.4 Å². The van der Waals surface area contributed by atoms with Crippen molar-refractivity contribution in [3.8, 4) is 11.3 Å². The number of nitrogens with one attached hydrogen (secondary N) is 1. The highest BCUT2D eigenvalue weighted by atomic mass is 16.3. The number of nitrogens with zero attached hydrogens (tertiary/aromatic N) is 6. The summed E-state index contributed by atoms with van der Waals surface area (Å²) < 4.78 is 3.03. The number of nitrogen functional groups attached to an aromatic ring is 1. The van der Waals surface area contributed by atoms with Crippen LogP contribution in [-0.2, 0) is 13.1 Å². The van der Waals surface area contributed by atoms with Crippen molar-refractivity contribution in [1.29, 1.82) is 0 Å². The molecule has 4 N–H and O–H groups in total. The average Bonchev–Trinajstić information content (AvgIpc) is 3.41. The number of benzene rings is 1. The Morgan fingerprint density at radius 3 is 2.79 bits per heavy atom. The molecular weight excluding hydrogens is 496 g/mol. The van der Waals surface area contributed by atoms with E-state index in [1.54, 1.807) is 30.9 Å². The number of rotatable bonds is 7. The Labute approximate surface area is 225 Å². The van der Waals surface area contributed by atoms with Crippen LogP contribution in [0.25, 0.3) is 16.9 Å². The maximum Gasteiger partial charge on any atom is 0.263 e. The van der Waals surface area contributed by atoms with Crippen molar-refractivity contribution in [2.75, 3.05) is 11.1 Å². The third kappa shape index (κ3) is 4.63. The molecule has 2 aliphatic rings. The van der Waals surface area contributed by atoms with Crippen molar-refractivity contribution in [2.24, 2.45) is 5.92 Å². The van der Waals surface area contributed by atoms with Gasteiger partial charge in [0, 0.05) is 36.1 Å². The molecule has 202 valence electrons. The Morgan fingerprint density at radius 2 is 2.08 bits per heavy atom. The third-order valence-corrected chi connectivity index (χ3v) is 7.50. The zero-order valence-electron chi connectivity index (χ0n) is 22.5. The molecule has 11 nitrogen and oxygen atoms in total. The summed E-state index contributed by atoms with van der Waals surface area (Å²) in [6.45, 7) is 8.33. The summed E-state index contributed by atoms with van der Waals surface area (Å²) in [6.07, 6.45) is 7.23. The van der Waals surface area contributed by atoms with E-state index < -0.39 is 11.5 Å². The Balaban J connectivity index is 1.30. The van der Waals surface area contributed by atoms with Gasteiger partial charge in [0.2, 0.25) is 0 Å². The van der Waals surface area contributed by atoms with Gasteiger partial charge in [0.25, 0.3) is 11.8 Å². The van der Waals surface area contributed by atoms with Crippen LogP contribution in [0.15, 0.2) is 36.8 Å². The highest BCUT2D eigenvalue weighted by molar-refractivity contribution is 6.11. The minimum Gasteiger partial charge on any atom is -0.389 e. The van der Waals surface area contributed by atoms with Crippen molar-refractivity contribution in [2.45, 2.75) is 65.3 Å². The second kappa shape index (κ2) is 8.91. The van der Waals surface area contributed by atoms with Crippen molar-refractivity contribution in [3.05, 3.63) is 59.0 Å². The molecule has 1 aliphatic carbocycles. The third-order valence-electron chi connectivity index (χ3n) is 7.50. The Bertz CT molecular complexity index is 1630. The highest BCUT2D eigenvalue weighted by Crippen LogP contribution is 2.39. The average molecular weight is 529 g/mol. The van der Waals surface area contributed by atoms with Crippen LogP contribution in [0.5, 0.6) is 0 Å². The van der Waals surface area contributed by atoms with Crippen LogP contribution < -0.4 is 11.1 Å². The monoisotopic (exact) mass is 528 g/mol. The van der Waals surface area contributed by atoms with Crippen LogP contribution in [0.3, 0.4) is 0 Å². The van der Waals surface area contributed by atoms with E-state index in [1.807, 2.05) is 30.0 Å². The van der Waals surface area contributed by atoms with E-state index in [1.165, 1.54) is 23.6 Å². The summed E-state index contributed by atoms with van der Waals surface area (Å²) in [4.78, 5) is 33.2. The number of amides is 2. The summed E-state index contributed by atoms with van der Waals surface area (Å²) in [5.41, 5.74) is 10.3. The Morgan fingerprint density at radius 1 is 1.31 bits per heavy atom. The van der Waals surface area contributed by atoms with Gasteiger partial charge in [0.1, 0.15) is 5.56 Å². The van der Waals surface area contributed by atoms with Crippen LogP contribution in [0.4, 0.5) is 11.5 Å². The normalized spacial score (nSPS) is 16.1. The summed E-state index contributed by atoms with van der Waals surface area (Å²) >= 11 is 0. The lowest BCUT2D eigenvalue weighted by Gasteiger charge is -2.24. The van der Waals surface area contributed by atoms with Crippen LogP contribution in [-0.4, -0.2) is 57.8 Å². The first kappa shape index (κ1) is 25.1.